The summed E-state index contributed by atoms with van der Waals surface area (Å²) in [6, 6.07) is 5.64. The molecule has 0 radical (unpaired) electrons. The van der Waals surface area contributed by atoms with Gasteiger partial charge in [0, 0.05) is 4.75 Å². The number of hydrogen-bond donors (Lipinski definition) is 1. The van der Waals surface area contributed by atoms with Crippen molar-refractivity contribution >= 4 is 11.8 Å². The molecule has 4 heteroatoms. The SMILES string of the molecule is COc1ccc(OC)c(SC(C)(C)CO)c1. The number of rotatable bonds is 5. The van der Waals surface area contributed by atoms with E-state index in [9.17, 15) is 5.11 Å². The van der Waals surface area contributed by atoms with Gasteiger partial charge in [0.15, 0.2) is 0 Å². The predicted molar refractivity (Wildman–Crippen MR) is 66.6 cm³/mol. The number of benzene rings is 1. The lowest BCUT2D eigenvalue weighted by atomic mass is 10.2. The molecule has 0 saturated carbocycles. The fourth-order valence-corrected chi connectivity index (χ4v) is 2.28. The van der Waals surface area contributed by atoms with Crippen molar-refractivity contribution in [1.82, 2.24) is 0 Å². The number of hydrogen-bond acceptors (Lipinski definition) is 4. The van der Waals surface area contributed by atoms with Gasteiger partial charge in [0.2, 0.25) is 0 Å². The van der Waals surface area contributed by atoms with E-state index in [1.54, 1.807) is 26.0 Å². The first-order valence-electron chi connectivity index (χ1n) is 5.04. The molecule has 3 nitrogen and oxygen atoms in total. The van der Waals surface area contributed by atoms with Crippen molar-refractivity contribution in [3.8, 4) is 11.5 Å². The van der Waals surface area contributed by atoms with Gasteiger partial charge in [0.05, 0.1) is 25.7 Å². The number of ether oxygens (including phenoxy) is 2. The molecule has 0 heterocycles. The molecule has 0 amide bonds. The lowest BCUT2D eigenvalue weighted by Gasteiger charge is -2.22. The van der Waals surface area contributed by atoms with Crippen molar-refractivity contribution in [2.45, 2.75) is 23.5 Å². The largest absolute Gasteiger partial charge is 0.497 e. The van der Waals surface area contributed by atoms with Crippen LogP contribution in [-0.4, -0.2) is 30.7 Å². The maximum Gasteiger partial charge on any atom is 0.132 e. The van der Waals surface area contributed by atoms with Crippen LogP contribution in [-0.2, 0) is 0 Å². The number of methoxy groups -OCH3 is 2. The molecule has 0 spiro atoms. The average Bonchev–Trinajstić information content (AvgIpc) is 2.28. The zero-order chi connectivity index (χ0) is 12.2. The molecule has 1 aromatic carbocycles. The molecule has 0 bridgehead atoms. The summed E-state index contributed by atoms with van der Waals surface area (Å²) in [6.45, 7) is 4.07. The zero-order valence-electron chi connectivity index (χ0n) is 10.1. The van der Waals surface area contributed by atoms with E-state index in [0.29, 0.717) is 0 Å². The molecule has 0 unspecified atom stereocenters. The monoisotopic (exact) mass is 242 g/mol. The minimum absolute atomic E-state index is 0.109. The van der Waals surface area contributed by atoms with Crippen LogP contribution in [0, 0.1) is 0 Å². The Morgan fingerprint density at radius 3 is 2.44 bits per heavy atom. The normalized spacial score (nSPS) is 11.3. The summed E-state index contributed by atoms with van der Waals surface area (Å²) in [5, 5.41) is 9.25. The van der Waals surface area contributed by atoms with Crippen molar-refractivity contribution in [2.24, 2.45) is 0 Å². The molecule has 0 saturated heterocycles. The van der Waals surface area contributed by atoms with Gasteiger partial charge in [0.25, 0.3) is 0 Å². The van der Waals surface area contributed by atoms with E-state index in [-0.39, 0.29) is 11.4 Å². The lowest BCUT2D eigenvalue weighted by molar-refractivity contribution is 0.265. The topological polar surface area (TPSA) is 38.7 Å². The molecule has 0 aromatic heterocycles. The Morgan fingerprint density at radius 2 is 1.94 bits per heavy atom. The summed E-state index contributed by atoms with van der Waals surface area (Å²) >= 11 is 1.57. The summed E-state index contributed by atoms with van der Waals surface area (Å²) in [5.41, 5.74) is 0. The first-order chi connectivity index (χ1) is 7.52. The first-order valence-corrected chi connectivity index (χ1v) is 5.86. The maximum absolute atomic E-state index is 9.25. The van der Waals surface area contributed by atoms with Crippen molar-refractivity contribution in [1.29, 1.82) is 0 Å². The molecule has 1 aromatic rings. The Kier molecular flexibility index (Phi) is 4.50. The third-order valence-electron chi connectivity index (χ3n) is 2.14. The highest BCUT2D eigenvalue weighted by atomic mass is 32.2. The molecule has 0 aliphatic rings. The van der Waals surface area contributed by atoms with E-state index in [2.05, 4.69) is 0 Å². The molecule has 16 heavy (non-hydrogen) atoms. The third-order valence-corrected chi connectivity index (χ3v) is 3.36. The second kappa shape index (κ2) is 5.46. The lowest BCUT2D eigenvalue weighted by Crippen LogP contribution is -2.19. The summed E-state index contributed by atoms with van der Waals surface area (Å²) in [6.07, 6.45) is 0. The van der Waals surface area contributed by atoms with Crippen LogP contribution < -0.4 is 9.47 Å². The van der Waals surface area contributed by atoms with E-state index in [1.807, 2.05) is 32.0 Å². The van der Waals surface area contributed by atoms with Crippen LogP contribution in [0.15, 0.2) is 23.1 Å². The van der Waals surface area contributed by atoms with E-state index in [0.717, 1.165) is 16.4 Å². The Labute approximate surface area is 101 Å². The average molecular weight is 242 g/mol. The number of aliphatic hydroxyl groups excluding tert-OH is 1. The highest BCUT2D eigenvalue weighted by Crippen LogP contribution is 2.39. The van der Waals surface area contributed by atoms with Gasteiger partial charge in [-0.25, -0.2) is 0 Å². The first kappa shape index (κ1) is 13.2. The predicted octanol–water partition coefficient (Wildman–Crippen LogP) is 2.57. The molecular formula is C12H18O3S. The standard InChI is InChI=1S/C12H18O3S/c1-12(2,8-13)16-11-7-9(14-3)5-6-10(11)15-4/h5-7,13H,8H2,1-4H3. The third kappa shape index (κ3) is 3.32. The highest BCUT2D eigenvalue weighted by molar-refractivity contribution is 8.00. The molecule has 0 aliphatic carbocycles. The minimum atomic E-state index is -0.236. The minimum Gasteiger partial charge on any atom is -0.497 e. The van der Waals surface area contributed by atoms with Gasteiger partial charge in [-0.15, -0.1) is 11.8 Å². The van der Waals surface area contributed by atoms with Crippen LogP contribution in [0.2, 0.25) is 0 Å². The number of aliphatic hydroxyl groups is 1. The van der Waals surface area contributed by atoms with Gasteiger partial charge in [-0.05, 0) is 32.0 Å². The van der Waals surface area contributed by atoms with Gasteiger partial charge in [-0.2, -0.15) is 0 Å². The quantitative estimate of drug-likeness (QED) is 0.805. The van der Waals surface area contributed by atoms with Crippen molar-refractivity contribution in [2.75, 3.05) is 20.8 Å². The Bertz CT molecular complexity index is 350. The van der Waals surface area contributed by atoms with Crippen molar-refractivity contribution in [3.05, 3.63) is 18.2 Å². The Morgan fingerprint density at radius 1 is 1.25 bits per heavy atom. The molecule has 0 fully saturated rings. The van der Waals surface area contributed by atoms with Crippen LogP contribution in [0.3, 0.4) is 0 Å². The van der Waals surface area contributed by atoms with Crippen molar-refractivity contribution < 1.29 is 14.6 Å². The summed E-state index contributed by atoms with van der Waals surface area (Å²) in [7, 11) is 3.27. The zero-order valence-corrected chi connectivity index (χ0v) is 10.9. The molecular weight excluding hydrogens is 224 g/mol. The Balaban J connectivity index is 3.00. The van der Waals surface area contributed by atoms with Crippen LogP contribution in [0.4, 0.5) is 0 Å². The fourth-order valence-electron chi connectivity index (χ4n) is 1.19. The van der Waals surface area contributed by atoms with Gasteiger partial charge in [-0.1, -0.05) is 0 Å². The van der Waals surface area contributed by atoms with E-state index < -0.39 is 0 Å². The fraction of sp³-hybridized carbons (Fsp3) is 0.500. The van der Waals surface area contributed by atoms with E-state index in [4.69, 9.17) is 9.47 Å². The second-order valence-electron chi connectivity index (χ2n) is 4.04. The maximum atomic E-state index is 9.25. The van der Waals surface area contributed by atoms with Gasteiger partial charge in [-0.3, -0.25) is 0 Å². The van der Waals surface area contributed by atoms with Crippen LogP contribution in [0.5, 0.6) is 11.5 Å². The molecule has 0 aliphatic heterocycles. The molecule has 90 valence electrons. The molecule has 1 rings (SSSR count). The van der Waals surface area contributed by atoms with Gasteiger partial charge in [0.1, 0.15) is 11.5 Å². The highest BCUT2D eigenvalue weighted by Gasteiger charge is 2.20. The van der Waals surface area contributed by atoms with Gasteiger partial charge >= 0.3 is 0 Å². The number of thioether (sulfide) groups is 1. The van der Waals surface area contributed by atoms with Crippen LogP contribution in [0.25, 0.3) is 0 Å². The summed E-state index contributed by atoms with van der Waals surface area (Å²) < 4.78 is 10.2. The van der Waals surface area contributed by atoms with E-state index >= 15 is 0 Å². The van der Waals surface area contributed by atoms with Gasteiger partial charge < -0.3 is 14.6 Å². The van der Waals surface area contributed by atoms with E-state index in [1.165, 1.54) is 0 Å². The molecule has 0 atom stereocenters. The summed E-state index contributed by atoms with van der Waals surface area (Å²) in [4.78, 5) is 0.973. The van der Waals surface area contributed by atoms with Crippen LogP contribution in [0.1, 0.15) is 13.8 Å². The Hall–Kier alpha value is -0.870. The summed E-state index contributed by atoms with van der Waals surface area (Å²) in [5.74, 6) is 1.59. The molecule has 1 N–H and O–H groups in total. The smallest absolute Gasteiger partial charge is 0.132 e. The second-order valence-corrected chi connectivity index (χ2v) is 5.79. The van der Waals surface area contributed by atoms with Crippen LogP contribution >= 0.6 is 11.8 Å². The van der Waals surface area contributed by atoms with Crippen molar-refractivity contribution in [3.63, 3.8) is 0 Å².